The Morgan fingerprint density at radius 2 is 2.05 bits per heavy atom. The topological polar surface area (TPSA) is 32.3 Å². The van der Waals surface area contributed by atoms with E-state index in [9.17, 15) is 9.18 Å². The first kappa shape index (κ1) is 17.5. The molecule has 122 valence electrons. The lowest BCUT2D eigenvalue weighted by Gasteiger charge is -2.32. The first-order valence-corrected chi connectivity index (χ1v) is 7.89. The third-order valence-corrected chi connectivity index (χ3v) is 5.02. The minimum Gasteiger partial charge on any atom is -0.342 e. The van der Waals surface area contributed by atoms with Crippen molar-refractivity contribution in [3.05, 3.63) is 34.6 Å². The van der Waals surface area contributed by atoms with Gasteiger partial charge >= 0.3 is 0 Å². The number of nitrogens with zero attached hydrogens (tertiary/aromatic N) is 1. The number of halogens is 3. The van der Waals surface area contributed by atoms with Crippen LogP contribution in [0.15, 0.2) is 18.2 Å². The number of piperidine rings is 1. The van der Waals surface area contributed by atoms with Gasteiger partial charge in [0.1, 0.15) is 5.82 Å². The lowest BCUT2D eigenvalue weighted by atomic mass is 10.0. The molecule has 0 radical (unpaired) electrons. The summed E-state index contributed by atoms with van der Waals surface area (Å²) in [5.74, 6) is -0.274. The first-order chi connectivity index (χ1) is 10.1. The summed E-state index contributed by atoms with van der Waals surface area (Å²) in [6.07, 6.45) is 2.69. The van der Waals surface area contributed by atoms with Gasteiger partial charge in [0.15, 0.2) is 0 Å². The lowest BCUT2D eigenvalue weighted by Crippen LogP contribution is -2.44. The van der Waals surface area contributed by atoms with Gasteiger partial charge in [0, 0.05) is 41.6 Å². The average Bonchev–Trinajstić information content (AvgIpc) is 3.27. The molecule has 2 aliphatic rings. The van der Waals surface area contributed by atoms with Gasteiger partial charge in [0.05, 0.1) is 0 Å². The van der Waals surface area contributed by atoms with E-state index in [0.717, 1.165) is 25.9 Å². The van der Waals surface area contributed by atoms with Crippen LogP contribution < -0.4 is 5.32 Å². The Balaban J connectivity index is 0.00000176. The van der Waals surface area contributed by atoms with Crippen molar-refractivity contribution in [2.75, 3.05) is 20.1 Å². The third-order valence-electron chi connectivity index (χ3n) is 4.69. The van der Waals surface area contributed by atoms with Crippen molar-refractivity contribution in [3.63, 3.8) is 0 Å². The maximum absolute atomic E-state index is 13.9. The van der Waals surface area contributed by atoms with Crippen LogP contribution >= 0.6 is 24.0 Å². The van der Waals surface area contributed by atoms with Gasteiger partial charge in [0.25, 0.3) is 0 Å². The number of likely N-dealkylation sites (tertiary alicyclic amines) is 1. The summed E-state index contributed by atoms with van der Waals surface area (Å²) < 4.78 is 13.9. The maximum atomic E-state index is 13.9. The van der Waals surface area contributed by atoms with Crippen molar-refractivity contribution < 1.29 is 9.18 Å². The summed E-state index contributed by atoms with van der Waals surface area (Å²) in [5.41, 5.74) is 0.516. The molecule has 1 aliphatic carbocycles. The molecule has 1 saturated heterocycles. The van der Waals surface area contributed by atoms with Gasteiger partial charge in [0.2, 0.25) is 5.91 Å². The Labute approximate surface area is 141 Å². The molecular weight excluding hydrogens is 326 g/mol. The number of rotatable bonds is 3. The standard InChI is InChI=1S/C16H20ClFN2O.ClH/c1-19-10-5-7-20(8-6-10)16(21)12-9-11(12)15-13(17)3-2-4-14(15)18;/h2-4,10-12,19H,5-9H2,1H3;1H. The molecule has 0 spiro atoms. The second-order valence-corrected chi connectivity index (χ2v) is 6.38. The predicted molar refractivity (Wildman–Crippen MR) is 88.2 cm³/mol. The molecule has 22 heavy (non-hydrogen) atoms. The van der Waals surface area contributed by atoms with Crippen LogP contribution in [-0.2, 0) is 4.79 Å². The monoisotopic (exact) mass is 346 g/mol. The Bertz CT molecular complexity index is 527. The molecule has 1 heterocycles. The molecule has 1 aromatic carbocycles. The van der Waals surface area contributed by atoms with Crippen molar-refractivity contribution in [3.8, 4) is 0 Å². The highest BCUT2D eigenvalue weighted by Crippen LogP contribution is 2.51. The smallest absolute Gasteiger partial charge is 0.226 e. The molecule has 3 nitrogen and oxygen atoms in total. The molecule has 2 atom stereocenters. The van der Waals surface area contributed by atoms with E-state index in [4.69, 9.17) is 11.6 Å². The zero-order valence-electron chi connectivity index (χ0n) is 12.5. The molecule has 0 aromatic heterocycles. The van der Waals surface area contributed by atoms with E-state index in [1.165, 1.54) is 6.07 Å². The molecule has 1 aromatic rings. The van der Waals surface area contributed by atoms with E-state index in [0.29, 0.717) is 23.0 Å². The summed E-state index contributed by atoms with van der Waals surface area (Å²) in [6.45, 7) is 1.58. The minimum atomic E-state index is -0.295. The third kappa shape index (κ3) is 3.39. The van der Waals surface area contributed by atoms with Crippen molar-refractivity contribution in [1.29, 1.82) is 0 Å². The Morgan fingerprint density at radius 3 is 2.64 bits per heavy atom. The van der Waals surface area contributed by atoms with Gasteiger partial charge in [-0.05, 0) is 38.4 Å². The molecule has 1 aliphatic heterocycles. The number of amides is 1. The number of nitrogens with one attached hydrogen (secondary N) is 1. The molecule has 2 unspecified atom stereocenters. The summed E-state index contributed by atoms with van der Waals surface area (Å²) in [5, 5.41) is 3.69. The van der Waals surface area contributed by atoms with Crippen LogP contribution in [0.3, 0.4) is 0 Å². The van der Waals surface area contributed by atoms with Crippen molar-refractivity contribution in [2.24, 2.45) is 5.92 Å². The van der Waals surface area contributed by atoms with Gasteiger partial charge < -0.3 is 10.2 Å². The van der Waals surface area contributed by atoms with Gasteiger partial charge in [-0.15, -0.1) is 12.4 Å². The van der Waals surface area contributed by atoms with Crippen LogP contribution in [0.25, 0.3) is 0 Å². The van der Waals surface area contributed by atoms with Crippen LogP contribution in [0.1, 0.15) is 30.7 Å². The molecule has 6 heteroatoms. The minimum absolute atomic E-state index is 0. The van der Waals surface area contributed by atoms with Crippen LogP contribution in [0.5, 0.6) is 0 Å². The van der Waals surface area contributed by atoms with Gasteiger partial charge in [-0.1, -0.05) is 17.7 Å². The van der Waals surface area contributed by atoms with E-state index in [2.05, 4.69) is 5.32 Å². The largest absolute Gasteiger partial charge is 0.342 e. The fourth-order valence-electron chi connectivity index (χ4n) is 3.27. The SMILES string of the molecule is CNC1CCN(C(=O)C2CC2c2c(F)cccc2Cl)CC1.Cl. The maximum Gasteiger partial charge on any atom is 0.226 e. The molecule has 1 saturated carbocycles. The fraction of sp³-hybridized carbons (Fsp3) is 0.562. The van der Waals surface area contributed by atoms with E-state index in [1.54, 1.807) is 12.1 Å². The van der Waals surface area contributed by atoms with E-state index in [1.807, 2.05) is 11.9 Å². The van der Waals surface area contributed by atoms with Crippen LogP contribution in [0.2, 0.25) is 5.02 Å². The molecule has 3 rings (SSSR count). The van der Waals surface area contributed by atoms with Crippen LogP contribution in [0, 0.1) is 11.7 Å². The Kier molecular flexibility index (Phi) is 5.70. The highest BCUT2D eigenvalue weighted by atomic mass is 35.5. The molecule has 1 amide bonds. The number of benzene rings is 1. The van der Waals surface area contributed by atoms with Gasteiger partial charge in [-0.3, -0.25) is 4.79 Å². The number of carbonyl (C=O) groups is 1. The van der Waals surface area contributed by atoms with E-state index < -0.39 is 0 Å². The van der Waals surface area contributed by atoms with E-state index in [-0.39, 0.29) is 36.0 Å². The highest BCUT2D eigenvalue weighted by Gasteiger charge is 2.48. The molecule has 0 bridgehead atoms. The summed E-state index contributed by atoms with van der Waals surface area (Å²) in [4.78, 5) is 14.4. The second-order valence-electron chi connectivity index (χ2n) is 5.97. The number of hydrogen-bond donors (Lipinski definition) is 1. The fourth-order valence-corrected chi connectivity index (χ4v) is 3.58. The predicted octanol–water partition coefficient (Wildman–Crippen LogP) is 3.21. The normalized spacial score (nSPS) is 24.8. The molecule has 2 fully saturated rings. The zero-order chi connectivity index (χ0) is 15.0. The van der Waals surface area contributed by atoms with Crippen molar-refractivity contribution >= 4 is 29.9 Å². The van der Waals surface area contributed by atoms with Crippen molar-refractivity contribution in [1.82, 2.24) is 10.2 Å². The number of carbonyl (C=O) groups excluding carboxylic acids is 1. The van der Waals surface area contributed by atoms with E-state index >= 15 is 0 Å². The highest BCUT2D eigenvalue weighted by molar-refractivity contribution is 6.31. The average molecular weight is 347 g/mol. The summed E-state index contributed by atoms with van der Waals surface area (Å²) in [7, 11) is 1.96. The van der Waals surface area contributed by atoms with Crippen LogP contribution in [0.4, 0.5) is 4.39 Å². The first-order valence-electron chi connectivity index (χ1n) is 7.51. The zero-order valence-corrected chi connectivity index (χ0v) is 14.1. The molecular formula is C16H21Cl2FN2O. The van der Waals surface area contributed by atoms with Gasteiger partial charge in [-0.25, -0.2) is 4.39 Å². The lowest BCUT2D eigenvalue weighted by molar-refractivity contribution is -0.133. The van der Waals surface area contributed by atoms with Crippen LogP contribution in [-0.4, -0.2) is 37.0 Å². The summed E-state index contributed by atoms with van der Waals surface area (Å²) in [6, 6.07) is 5.21. The summed E-state index contributed by atoms with van der Waals surface area (Å²) >= 11 is 6.09. The molecule has 1 N–H and O–H groups in total. The second kappa shape index (κ2) is 7.16. The quantitative estimate of drug-likeness (QED) is 0.911. The Hall–Kier alpha value is -0.840. The van der Waals surface area contributed by atoms with Gasteiger partial charge in [-0.2, -0.15) is 0 Å². The van der Waals surface area contributed by atoms with Crippen molar-refractivity contribution in [2.45, 2.75) is 31.2 Å². The number of hydrogen-bond acceptors (Lipinski definition) is 2. The Morgan fingerprint density at radius 1 is 1.36 bits per heavy atom.